The molecule has 1 atom stereocenters. The lowest BCUT2D eigenvalue weighted by Crippen LogP contribution is -2.54. The van der Waals surface area contributed by atoms with Crippen molar-refractivity contribution < 1.29 is 47.0 Å². The first-order valence-electron chi connectivity index (χ1n) is 19.5. The fraction of sp³-hybridized carbons (Fsp3) is 0.233. The van der Waals surface area contributed by atoms with Crippen LogP contribution in [0.2, 0.25) is 5.02 Å². The molecule has 5 amide bonds. The number of nitrogens with one attached hydrogen (secondary N) is 4. The molecule has 6 aromatic rings. The molecule has 2 aliphatic heterocycles. The van der Waals surface area contributed by atoms with Crippen molar-refractivity contribution in [1.29, 1.82) is 0 Å². The number of carbonyl (C=O) groups excluding carboxylic acids is 5. The number of ether oxygens (including phenoxy) is 1. The highest BCUT2D eigenvalue weighted by Gasteiger charge is 2.45. The summed E-state index contributed by atoms with van der Waals surface area (Å²) in [6, 6.07) is 20.3. The van der Waals surface area contributed by atoms with Crippen molar-refractivity contribution in [2.75, 3.05) is 25.0 Å². The molecule has 19 heteroatoms. The van der Waals surface area contributed by atoms with Crippen molar-refractivity contribution in [3.63, 3.8) is 0 Å². The molecule has 62 heavy (non-hydrogen) atoms. The Labute approximate surface area is 355 Å². The van der Waals surface area contributed by atoms with Gasteiger partial charge < -0.3 is 25.5 Å². The van der Waals surface area contributed by atoms with Crippen LogP contribution in [-0.2, 0) is 33.4 Å². The number of carbonyl (C=O) groups is 5. The number of anilines is 1. The second kappa shape index (κ2) is 17.0. The lowest BCUT2D eigenvalue weighted by atomic mass is 10.00. The van der Waals surface area contributed by atoms with Gasteiger partial charge in [-0.2, -0.15) is 23.0 Å². The van der Waals surface area contributed by atoms with Crippen LogP contribution in [0, 0.1) is 0 Å². The first kappa shape index (κ1) is 41.5. The molecular weight excluding hydrogens is 833 g/mol. The molecule has 1 unspecified atom stereocenters. The molecule has 15 nitrogen and oxygen atoms in total. The van der Waals surface area contributed by atoms with E-state index in [0.717, 1.165) is 22.6 Å². The molecule has 4 heterocycles. The van der Waals surface area contributed by atoms with Crippen LogP contribution in [0.25, 0.3) is 28.2 Å². The minimum Gasteiger partial charge on any atom is -0.493 e. The number of aromatic nitrogens is 4. The molecule has 1 fully saturated rings. The summed E-state index contributed by atoms with van der Waals surface area (Å²) in [6.07, 6.45) is -3.32. The zero-order valence-electron chi connectivity index (χ0n) is 32.5. The number of H-pyrrole nitrogens is 1. The van der Waals surface area contributed by atoms with Gasteiger partial charge in [-0.3, -0.25) is 34.2 Å². The van der Waals surface area contributed by atoms with Crippen molar-refractivity contribution in [1.82, 2.24) is 35.3 Å². The van der Waals surface area contributed by atoms with Crippen molar-refractivity contribution >= 4 is 57.9 Å². The number of aromatic amines is 1. The van der Waals surface area contributed by atoms with Crippen molar-refractivity contribution in [3.8, 4) is 28.8 Å². The molecule has 0 bridgehead atoms. The number of halogens is 4. The lowest BCUT2D eigenvalue weighted by molar-refractivity contribution is -0.138. The maximum Gasteiger partial charge on any atom is 0.416 e. The van der Waals surface area contributed by atoms with E-state index in [-0.39, 0.29) is 67.0 Å². The van der Waals surface area contributed by atoms with Crippen LogP contribution >= 0.6 is 11.6 Å². The van der Waals surface area contributed by atoms with Gasteiger partial charge in [-0.05, 0) is 85.8 Å². The van der Waals surface area contributed by atoms with Crippen LogP contribution in [0.3, 0.4) is 0 Å². The Hall–Kier alpha value is -7.21. The molecule has 5 N–H and O–H groups in total. The van der Waals surface area contributed by atoms with E-state index in [1.54, 1.807) is 54.6 Å². The first-order valence-corrected chi connectivity index (χ1v) is 19.8. The summed E-state index contributed by atoms with van der Waals surface area (Å²) in [7, 11) is 0. The first-order chi connectivity index (χ1) is 29.7. The zero-order valence-corrected chi connectivity index (χ0v) is 33.3. The topological polar surface area (TPSA) is 201 Å². The highest BCUT2D eigenvalue weighted by Crippen LogP contribution is 2.36. The fourth-order valence-electron chi connectivity index (χ4n) is 7.36. The van der Waals surface area contributed by atoms with E-state index in [0.29, 0.717) is 58.0 Å². The van der Waals surface area contributed by atoms with Gasteiger partial charge in [0.15, 0.2) is 6.61 Å². The highest BCUT2D eigenvalue weighted by atomic mass is 35.5. The van der Waals surface area contributed by atoms with Crippen molar-refractivity contribution in [2.24, 2.45) is 0 Å². The van der Waals surface area contributed by atoms with Gasteiger partial charge >= 0.3 is 6.18 Å². The summed E-state index contributed by atoms with van der Waals surface area (Å²) in [5.74, 6) is -2.35. The molecule has 1 saturated heterocycles. The summed E-state index contributed by atoms with van der Waals surface area (Å²) in [4.78, 5) is 71.4. The van der Waals surface area contributed by atoms with Crippen LogP contribution in [0.5, 0.6) is 11.6 Å². The number of amides is 5. The van der Waals surface area contributed by atoms with Crippen LogP contribution in [0.4, 0.5) is 18.9 Å². The third-order valence-corrected chi connectivity index (χ3v) is 10.7. The van der Waals surface area contributed by atoms with Gasteiger partial charge in [-0.25, -0.2) is 4.98 Å². The third kappa shape index (κ3) is 8.54. The van der Waals surface area contributed by atoms with Crippen molar-refractivity contribution in [3.05, 3.63) is 118 Å². The number of imide groups is 2. The summed E-state index contributed by atoms with van der Waals surface area (Å²) >= 11 is 6.13. The minimum absolute atomic E-state index is 0.0193. The number of benzene rings is 4. The number of alkyl halides is 3. The van der Waals surface area contributed by atoms with E-state index in [2.05, 4.69) is 31.0 Å². The number of nitrogens with zero attached hydrogens (tertiary/aromatic N) is 4. The second-order valence-corrected chi connectivity index (χ2v) is 15.0. The Morgan fingerprint density at radius 2 is 1.73 bits per heavy atom. The lowest BCUT2D eigenvalue weighted by Gasteiger charge is -2.27. The summed E-state index contributed by atoms with van der Waals surface area (Å²) in [6.45, 7) is 0.364. The van der Waals surface area contributed by atoms with E-state index in [1.165, 1.54) is 22.9 Å². The highest BCUT2D eigenvalue weighted by molar-refractivity contribution is 6.31. The van der Waals surface area contributed by atoms with Gasteiger partial charge in [0.1, 0.15) is 17.5 Å². The average Bonchev–Trinajstić information content (AvgIpc) is 3.89. The number of piperidine rings is 1. The van der Waals surface area contributed by atoms with Crippen molar-refractivity contribution in [2.45, 2.75) is 44.3 Å². The van der Waals surface area contributed by atoms with E-state index < -0.39 is 41.4 Å². The molecule has 0 saturated carbocycles. The molecule has 2 aromatic heterocycles. The monoisotopic (exact) mass is 868 g/mol. The van der Waals surface area contributed by atoms with E-state index in [4.69, 9.17) is 16.3 Å². The normalized spacial score (nSPS) is 15.2. The SMILES string of the molecule is O=C(COc1ccc(CCc2c(-c3ccc(C(F)(F)F)cc3)nn(-c3nc4cc(Cl)ccc4[nH]3)c2O)cc1)NCCCNc1cccc2c1C(=O)N(C1CCC(=O)NC1=O)C2=O. The zero-order chi connectivity index (χ0) is 43.7. The molecule has 318 valence electrons. The van der Waals surface area contributed by atoms with Crippen LogP contribution < -0.4 is 20.7 Å². The van der Waals surface area contributed by atoms with E-state index in [9.17, 15) is 42.3 Å². The molecule has 0 radical (unpaired) electrons. The standard InChI is InChI=1S/C43H36ClF3N8O7/c44-26-12-16-30-32(21-26)51-42(50-30)55-40(60)29(37(53-55)24-8-10-25(11-9-24)43(45,46)47)15-7-23-5-13-27(14-6-23)62-22-35(57)49-20-2-19-48-31-4-1-3-28-36(31)41(61)54(39(28)59)33-17-18-34(56)52-38(33)58/h1,3-6,8-14,16,21,33,48,60H,2,7,15,17-20,22H2,(H,49,57)(H,50,51)(H,52,56,58). The summed E-state index contributed by atoms with van der Waals surface area (Å²) in [5, 5.41) is 24.5. The fourth-order valence-corrected chi connectivity index (χ4v) is 7.52. The maximum atomic E-state index is 13.3. The number of fused-ring (bicyclic) bond motifs is 2. The van der Waals surface area contributed by atoms with Gasteiger partial charge in [-0.1, -0.05) is 41.9 Å². The van der Waals surface area contributed by atoms with Gasteiger partial charge in [-0.15, -0.1) is 0 Å². The maximum absolute atomic E-state index is 13.3. The molecule has 8 rings (SSSR count). The van der Waals surface area contributed by atoms with Gasteiger partial charge in [0.2, 0.25) is 23.6 Å². The predicted octanol–water partition coefficient (Wildman–Crippen LogP) is 5.98. The molecule has 2 aliphatic rings. The molecule has 4 aromatic carbocycles. The van der Waals surface area contributed by atoms with Gasteiger partial charge in [0, 0.05) is 41.3 Å². The minimum atomic E-state index is -4.52. The van der Waals surface area contributed by atoms with E-state index in [1.807, 2.05) is 0 Å². The third-order valence-electron chi connectivity index (χ3n) is 10.5. The Bertz CT molecular complexity index is 2730. The second-order valence-electron chi connectivity index (χ2n) is 14.6. The Morgan fingerprint density at radius 3 is 2.47 bits per heavy atom. The Balaban J connectivity index is 0.839. The Kier molecular flexibility index (Phi) is 11.4. The predicted molar refractivity (Wildman–Crippen MR) is 219 cm³/mol. The van der Waals surface area contributed by atoms with E-state index >= 15 is 0 Å². The number of aromatic hydroxyl groups is 1. The average molecular weight is 869 g/mol. The quantitative estimate of drug-likeness (QED) is 0.0641. The van der Waals surface area contributed by atoms with Crippen LogP contribution in [-0.4, -0.2) is 85.0 Å². The summed E-state index contributed by atoms with van der Waals surface area (Å²) in [5.41, 5.74) is 2.96. The number of imidazole rings is 1. The number of rotatable bonds is 14. The number of aryl methyl sites for hydroxylation is 1. The number of hydrogen-bond acceptors (Lipinski definition) is 10. The molecular formula is C43H36ClF3N8O7. The molecule has 0 aliphatic carbocycles. The van der Waals surface area contributed by atoms with Crippen LogP contribution in [0.15, 0.2) is 84.9 Å². The van der Waals surface area contributed by atoms with Crippen LogP contribution in [0.1, 0.15) is 56.7 Å². The summed E-state index contributed by atoms with van der Waals surface area (Å²) < 4.78 is 46.9. The largest absolute Gasteiger partial charge is 0.493 e. The molecule has 0 spiro atoms. The smallest absolute Gasteiger partial charge is 0.416 e. The van der Waals surface area contributed by atoms with Gasteiger partial charge in [0.05, 0.1) is 27.7 Å². The number of hydrogen-bond donors (Lipinski definition) is 5. The van der Waals surface area contributed by atoms with Gasteiger partial charge in [0.25, 0.3) is 17.7 Å². The Morgan fingerprint density at radius 1 is 0.952 bits per heavy atom.